The van der Waals surface area contributed by atoms with E-state index in [1.54, 1.807) is 0 Å². The number of hydrogen-bond donors (Lipinski definition) is 1. The summed E-state index contributed by atoms with van der Waals surface area (Å²) in [4.78, 5) is 12.2. The molecule has 1 rings (SSSR count). The van der Waals surface area contributed by atoms with Crippen molar-refractivity contribution in [3.63, 3.8) is 0 Å². The fourth-order valence-electron chi connectivity index (χ4n) is 1.03. The van der Waals surface area contributed by atoms with Crippen LogP contribution in [0.2, 0.25) is 0 Å². The average molecular weight is 157 g/mol. The van der Waals surface area contributed by atoms with Crippen LogP contribution in [0.15, 0.2) is 11.8 Å². The van der Waals surface area contributed by atoms with E-state index < -0.39 is 11.1 Å². The molecule has 3 nitrogen and oxygen atoms in total. The lowest BCUT2D eigenvalue weighted by atomic mass is 9.48. The standard InChI is InChI=1S/C6H6B3NO2/c7-6(8,9)10-3-1-2-4(11)5(10)12/h2,11H,1,3H2. The van der Waals surface area contributed by atoms with E-state index in [2.05, 4.69) is 0 Å². The van der Waals surface area contributed by atoms with Gasteiger partial charge in [0.2, 0.25) is 0 Å². The number of amides is 1. The number of aliphatic hydroxyl groups is 1. The summed E-state index contributed by atoms with van der Waals surface area (Å²) in [5.41, 5.74) is 0. The van der Waals surface area contributed by atoms with Crippen molar-refractivity contribution in [2.45, 2.75) is 11.7 Å². The third-order valence-corrected chi connectivity index (χ3v) is 1.62. The Bertz CT molecular complexity index is 233. The van der Waals surface area contributed by atoms with Crippen molar-refractivity contribution in [2.24, 2.45) is 0 Å². The van der Waals surface area contributed by atoms with Crippen LogP contribution in [0.5, 0.6) is 0 Å². The fraction of sp³-hybridized carbons (Fsp3) is 0.500. The molecule has 6 heteroatoms. The molecule has 1 heterocycles. The van der Waals surface area contributed by atoms with Crippen molar-refractivity contribution in [1.82, 2.24) is 4.90 Å². The van der Waals surface area contributed by atoms with E-state index in [0.29, 0.717) is 13.0 Å². The Labute approximate surface area is 75.0 Å². The quantitative estimate of drug-likeness (QED) is 0.484. The van der Waals surface area contributed by atoms with Crippen LogP contribution in [-0.2, 0) is 4.79 Å². The van der Waals surface area contributed by atoms with Crippen LogP contribution in [-0.4, -0.2) is 51.2 Å². The van der Waals surface area contributed by atoms with Crippen molar-refractivity contribution in [1.29, 1.82) is 0 Å². The van der Waals surface area contributed by atoms with Gasteiger partial charge in [0.15, 0.2) is 5.76 Å². The van der Waals surface area contributed by atoms with Crippen molar-refractivity contribution < 1.29 is 9.90 Å². The Kier molecular flexibility index (Phi) is 2.26. The maximum atomic E-state index is 11.1. The van der Waals surface area contributed by atoms with Gasteiger partial charge >= 0.3 is 0 Å². The third kappa shape index (κ3) is 1.68. The number of carbonyl (C=O) groups excluding carboxylic acids is 1. The fourth-order valence-corrected chi connectivity index (χ4v) is 1.03. The minimum absolute atomic E-state index is 0.326. The molecule has 0 atom stereocenters. The third-order valence-electron chi connectivity index (χ3n) is 1.62. The molecular formula is C6H6B3NO2. The molecule has 0 spiro atoms. The summed E-state index contributed by atoms with van der Waals surface area (Å²) in [5.74, 6) is -0.985. The molecule has 0 saturated carbocycles. The lowest BCUT2D eigenvalue weighted by Gasteiger charge is -2.38. The summed E-state index contributed by atoms with van der Waals surface area (Å²) in [6.07, 6.45) is 1.91. The van der Waals surface area contributed by atoms with Crippen molar-refractivity contribution >= 4 is 29.4 Å². The molecule has 6 radical (unpaired) electrons. The first kappa shape index (κ1) is 9.29. The number of carbonyl (C=O) groups is 1. The van der Waals surface area contributed by atoms with E-state index in [0.717, 1.165) is 4.90 Å². The highest BCUT2D eigenvalue weighted by Crippen LogP contribution is 2.13. The van der Waals surface area contributed by atoms with E-state index in [9.17, 15) is 4.79 Å². The molecule has 0 aliphatic carbocycles. The number of hydrogen-bond acceptors (Lipinski definition) is 2. The van der Waals surface area contributed by atoms with E-state index in [4.69, 9.17) is 28.6 Å². The van der Waals surface area contributed by atoms with Crippen LogP contribution in [0.3, 0.4) is 0 Å². The molecule has 0 aromatic carbocycles. The van der Waals surface area contributed by atoms with Gasteiger partial charge in [-0.1, -0.05) is 5.24 Å². The summed E-state index contributed by atoms with van der Waals surface area (Å²) in [5, 5.41) is 7.32. The van der Waals surface area contributed by atoms with Gasteiger partial charge in [0.1, 0.15) is 0 Å². The topological polar surface area (TPSA) is 40.5 Å². The molecule has 0 fully saturated rings. The molecule has 0 saturated heterocycles. The Morgan fingerprint density at radius 3 is 2.50 bits per heavy atom. The second-order valence-corrected chi connectivity index (χ2v) is 2.72. The number of rotatable bonds is 1. The molecule has 1 N–H and O–H groups in total. The monoisotopic (exact) mass is 157 g/mol. The van der Waals surface area contributed by atoms with Crippen molar-refractivity contribution in [2.75, 3.05) is 6.54 Å². The summed E-state index contributed by atoms with van der Waals surface area (Å²) in [6, 6.07) is 0. The van der Waals surface area contributed by atoms with Gasteiger partial charge in [-0.15, -0.1) is 0 Å². The molecule has 0 aromatic rings. The summed E-state index contributed by atoms with van der Waals surface area (Å²) >= 11 is 0. The lowest BCUT2D eigenvalue weighted by molar-refractivity contribution is -0.131. The first-order valence-electron chi connectivity index (χ1n) is 3.50. The minimum Gasteiger partial charge on any atom is -0.503 e. The molecule has 56 valence electrons. The van der Waals surface area contributed by atoms with Gasteiger partial charge in [0.05, 0.1) is 23.5 Å². The van der Waals surface area contributed by atoms with E-state index >= 15 is 0 Å². The van der Waals surface area contributed by atoms with Crippen LogP contribution in [0.1, 0.15) is 6.42 Å². The maximum Gasteiger partial charge on any atom is 0.286 e. The molecular weight excluding hydrogens is 151 g/mol. The zero-order chi connectivity index (χ0) is 9.35. The predicted molar refractivity (Wildman–Crippen MR) is 47.0 cm³/mol. The van der Waals surface area contributed by atoms with Crippen LogP contribution in [0, 0.1) is 0 Å². The highest BCUT2D eigenvalue weighted by Gasteiger charge is 2.28. The Balaban J connectivity index is 2.83. The lowest BCUT2D eigenvalue weighted by Crippen LogP contribution is -2.55. The van der Waals surface area contributed by atoms with Gasteiger partial charge < -0.3 is 10.0 Å². The molecule has 0 unspecified atom stereocenters. The number of nitrogens with zero attached hydrogens (tertiary/aromatic N) is 1. The van der Waals surface area contributed by atoms with E-state index in [1.165, 1.54) is 6.08 Å². The maximum absolute atomic E-state index is 11.1. The normalized spacial score (nSPS) is 19.2. The molecule has 1 aliphatic heterocycles. The van der Waals surface area contributed by atoms with Crippen LogP contribution in [0.25, 0.3) is 0 Å². The summed E-state index contributed by atoms with van der Waals surface area (Å²) in [6.45, 7) is 0.326. The molecule has 0 aromatic heterocycles. The minimum atomic E-state index is -1.70. The van der Waals surface area contributed by atoms with E-state index in [1.807, 2.05) is 0 Å². The van der Waals surface area contributed by atoms with Crippen molar-refractivity contribution in [3.8, 4) is 0 Å². The zero-order valence-electron chi connectivity index (χ0n) is 6.53. The van der Waals surface area contributed by atoms with Gasteiger partial charge in [-0.05, 0) is 12.5 Å². The second kappa shape index (κ2) is 2.92. The Morgan fingerprint density at radius 2 is 2.08 bits per heavy atom. The predicted octanol–water partition coefficient (Wildman–Crippen LogP) is -1.22. The first-order chi connectivity index (χ1) is 5.43. The number of aliphatic hydroxyl groups excluding tert-OH is 1. The second-order valence-electron chi connectivity index (χ2n) is 2.72. The first-order valence-corrected chi connectivity index (χ1v) is 3.50. The molecule has 0 bridgehead atoms. The van der Waals surface area contributed by atoms with Crippen molar-refractivity contribution in [3.05, 3.63) is 11.8 Å². The van der Waals surface area contributed by atoms with E-state index in [-0.39, 0.29) is 5.76 Å². The smallest absolute Gasteiger partial charge is 0.286 e. The van der Waals surface area contributed by atoms with Gasteiger partial charge in [-0.3, -0.25) is 4.79 Å². The molecule has 12 heavy (non-hydrogen) atoms. The summed E-state index contributed by atoms with van der Waals surface area (Å²) < 4.78 is 0. The zero-order valence-corrected chi connectivity index (χ0v) is 6.53. The van der Waals surface area contributed by atoms with Crippen LogP contribution in [0.4, 0.5) is 0 Å². The van der Waals surface area contributed by atoms with Gasteiger partial charge in [0, 0.05) is 6.54 Å². The van der Waals surface area contributed by atoms with Crippen LogP contribution < -0.4 is 0 Å². The van der Waals surface area contributed by atoms with Gasteiger partial charge in [-0.2, -0.15) is 0 Å². The average Bonchev–Trinajstić information content (AvgIpc) is 1.92. The SMILES string of the molecule is [B]C([B])([B])N1CCC=C(O)C1=O. The molecule has 1 amide bonds. The highest BCUT2D eigenvalue weighted by atomic mass is 16.3. The molecule has 1 aliphatic rings. The van der Waals surface area contributed by atoms with Crippen LogP contribution >= 0.6 is 0 Å². The van der Waals surface area contributed by atoms with Gasteiger partial charge in [-0.25, -0.2) is 0 Å². The Hall–Kier alpha value is -0.795. The highest BCUT2D eigenvalue weighted by molar-refractivity contribution is 6.59. The Morgan fingerprint density at radius 1 is 1.50 bits per heavy atom. The van der Waals surface area contributed by atoms with Gasteiger partial charge in [0.25, 0.3) is 5.91 Å². The largest absolute Gasteiger partial charge is 0.503 e. The summed E-state index contributed by atoms with van der Waals surface area (Å²) in [7, 11) is 15.9.